The normalized spacial score (nSPS) is 20.9. The number of carbonyl (C=O) groups is 2. The summed E-state index contributed by atoms with van der Waals surface area (Å²) >= 11 is 1.66. The lowest BCUT2D eigenvalue weighted by Gasteiger charge is -2.34. The van der Waals surface area contributed by atoms with E-state index in [0.29, 0.717) is 13.0 Å². The molecule has 1 fully saturated rings. The van der Waals surface area contributed by atoms with E-state index in [1.165, 1.54) is 4.88 Å². The highest BCUT2D eigenvalue weighted by atomic mass is 32.1. The van der Waals surface area contributed by atoms with Crippen molar-refractivity contribution in [1.82, 2.24) is 10.2 Å². The van der Waals surface area contributed by atoms with Crippen molar-refractivity contribution in [3.8, 4) is 0 Å². The molecule has 0 bridgehead atoms. The van der Waals surface area contributed by atoms with Crippen molar-refractivity contribution in [3.63, 3.8) is 0 Å². The Hall–Kier alpha value is -1.36. The molecule has 1 aliphatic rings. The lowest BCUT2D eigenvalue weighted by Crippen LogP contribution is -2.53. The van der Waals surface area contributed by atoms with Gasteiger partial charge in [-0.2, -0.15) is 0 Å². The molecule has 2 amide bonds. The SMILES string of the molecule is CCC(c1cccs1)N1CCC(=O)NC(C)(C)C1=O. The molecule has 1 aromatic heterocycles. The second-order valence-electron chi connectivity index (χ2n) is 5.36. The molecule has 0 aliphatic carbocycles. The van der Waals surface area contributed by atoms with Crippen LogP contribution in [0.4, 0.5) is 0 Å². The zero-order chi connectivity index (χ0) is 14.0. The maximum atomic E-state index is 12.6. The van der Waals surface area contributed by atoms with Crippen molar-refractivity contribution in [2.45, 2.75) is 45.2 Å². The number of carbonyl (C=O) groups excluding carboxylic acids is 2. The van der Waals surface area contributed by atoms with Crippen LogP contribution in [-0.4, -0.2) is 28.8 Å². The van der Waals surface area contributed by atoms with Crippen molar-refractivity contribution in [2.24, 2.45) is 0 Å². The molecule has 1 unspecified atom stereocenters. The molecular weight excluding hydrogens is 260 g/mol. The smallest absolute Gasteiger partial charge is 0.248 e. The number of thiophene rings is 1. The summed E-state index contributed by atoms with van der Waals surface area (Å²) in [6.45, 7) is 6.11. The number of hydrogen-bond donors (Lipinski definition) is 1. The monoisotopic (exact) mass is 280 g/mol. The van der Waals surface area contributed by atoms with E-state index in [-0.39, 0.29) is 17.9 Å². The fraction of sp³-hybridized carbons (Fsp3) is 0.571. The van der Waals surface area contributed by atoms with E-state index in [0.717, 1.165) is 6.42 Å². The first-order chi connectivity index (χ1) is 8.95. The summed E-state index contributed by atoms with van der Waals surface area (Å²) in [5.41, 5.74) is -0.821. The van der Waals surface area contributed by atoms with Crippen molar-refractivity contribution < 1.29 is 9.59 Å². The summed E-state index contributed by atoms with van der Waals surface area (Å²) < 4.78 is 0. The van der Waals surface area contributed by atoms with Gasteiger partial charge in [0.15, 0.2) is 0 Å². The summed E-state index contributed by atoms with van der Waals surface area (Å²) in [4.78, 5) is 27.4. The molecular formula is C14H20N2O2S. The minimum Gasteiger partial charge on any atom is -0.342 e. The van der Waals surface area contributed by atoms with Gasteiger partial charge in [-0.1, -0.05) is 13.0 Å². The molecule has 19 heavy (non-hydrogen) atoms. The van der Waals surface area contributed by atoms with E-state index in [4.69, 9.17) is 0 Å². The Kier molecular flexibility index (Phi) is 3.94. The quantitative estimate of drug-likeness (QED) is 0.924. The Balaban J connectivity index is 2.31. The lowest BCUT2D eigenvalue weighted by atomic mass is 10.0. The van der Waals surface area contributed by atoms with Crippen LogP contribution in [0.5, 0.6) is 0 Å². The zero-order valence-corrected chi connectivity index (χ0v) is 12.4. The summed E-state index contributed by atoms with van der Waals surface area (Å²) in [5, 5.41) is 4.82. The summed E-state index contributed by atoms with van der Waals surface area (Å²) in [5.74, 6) is -0.0551. The molecule has 4 nitrogen and oxygen atoms in total. The van der Waals surface area contributed by atoms with Crippen molar-refractivity contribution >= 4 is 23.2 Å². The van der Waals surface area contributed by atoms with Gasteiger partial charge in [0.2, 0.25) is 11.8 Å². The molecule has 1 saturated heterocycles. The largest absolute Gasteiger partial charge is 0.342 e. The van der Waals surface area contributed by atoms with Gasteiger partial charge in [-0.15, -0.1) is 11.3 Å². The van der Waals surface area contributed by atoms with Gasteiger partial charge in [-0.05, 0) is 31.7 Å². The Labute approximate surface area is 117 Å². The summed E-state index contributed by atoms with van der Waals surface area (Å²) in [7, 11) is 0. The molecule has 1 aromatic rings. The number of rotatable bonds is 3. The minimum atomic E-state index is -0.821. The van der Waals surface area contributed by atoms with E-state index in [9.17, 15) is 9.59 Å². The molecule has 104 valence electrons. The maximum Gasteiger partial charge on any atom is 0.248 e. The van der Waals surface area contributed by atoms with Crippen LogP contribution < -0.4 is 5.32 Å². The standard InChI is InChI=1S/C14H20N2O2S/c1-4-10(11-6-5-9-19-11)16-8-7-12(17)15-14(2,3)13(16)18/h5-6,9-10H,4,7-8H2,1-3H3,(H,15,17). The second-order valence-corrected chi connectivity index (χ2v) is 6.34. The van der Waals surface area contributed by atoms with E-state index in [1.807, 2.05) is 16.3 Å². The molecule has 5 heteroatoms. The Morgan fingerprint density at radius 1 is 1.47 bits per heavy atom. The van der Waals surface area contributed by atoms with Crippen molar-refractivity contribution in [1.29, 1.82) is 0 Å². The van der Waals surface area contributed by atoms with E-state index < -0.39 is 5.54 Å². The Morgan fingerprint density at radius 2 is 2.21 bits per heavy atom. The Morgan fingerprint density at radius 3 is 2.79 bits per heavy atom. The van der Waals surface area contributed by atoms with Crippen molar-refractivity contribution in [2.75, 3.05) is 6.54 Å². The third-order valence-corrected chi connectivity index (χ3v) is 4.44. The molecule has 0 spiro atoms. The van der Waals surface area contributed by atoms with Crippen molar-refractivity contribution in [3.05, 3.63) is 22.4 Å². The maximum absolute atomic E-state index is 12.6. The molecule has 2 rings (SSSR count). The highest BCUT2D eigenvalue weighted by Gasteiger charge is 2.39. The van der Waals surface area contributed by atoms with Gasteiger partial charge in [-0.25, -0.2) is 0 Å². The fourth-order valence-corrected chi connectivity index (χ4v) is 3.42. The van der Waals surface area contributed by atoms with E-state index in [1.54, 1.807) is 25.2 Å². The molecule has 1 aliphatic heterocycles. The van der Waals surface area contributed by atoms with Gasteiger partial charge in [0.25, 0.3) is 0 Å². The number of nitrogens with zero attached hydrogens (tertiary/aromatic N) is 1. The molecule has 1 N–H and O–H groups in total. The van der Waals surface area contributed by atoms with Gasteiger partial charge in [0.1, 0.15) is 5.54 Å². The van der Waals surface area contributed by atoms with Crippen LogP contribution in [0.25, 0.3) is 0 Å². The van der Waals surface area contributed by atoms with Crippen LogP contribution in [0.15, 0.2) is 17.5 Å². The first kappa shape index (κ1) is 14.1. The van der Waals surface area contributed by atoms with Crippen LogP contribution in [0.2, 0.25) is 0 Å². The predicted molar refractivity (Wildman–Crippen MR) is 75.9 cm³/mol. The summed E-state index contributed by atoms with van der Waals surface area (Å²) in [6, 6.07) is 4.12. The number of nitrogens with one attached hydrogen (secondary N) is 1. The lowest BCUT2D eigenvalue weighted by molar-refractivity contribution is -0.139. The second kappa shape index (κ2) is 5.33. The van der Waals surface area contributed by atoms with Crippen LogP contribution in [-0.2, 0) is 9.59 Å². The molecule has 2 heterocycles. The van der Waals surface area contributed by atoms with Crippen LogP contribution >= 0.6 is 11.3 Å². The average molecular weight is 280 g/mol. The number of hydrogen-bond acceptors (Lipinski definition) is 3. The van der Waals surface area contributed by atoms with Gasteiger partial charge < -0.3 is 10.2 Å². The van der Waals surface area contributed by atoms with Crippen LogP contribution in [0.3, 0.4) is 0 Å². The fourth-order valence-electron chi connectivity index (χ4n) is 2.50. The molecule has 1 atom stereocenters. The van der Waals surface area contributed by atoms with Gasteiger partial charge in [-0.3, -0.25) is 9.59 Å². The predicted octanol–water partition coefficient (Wildman–Crippen LogP) is 2.33. The molecule has 0 radical (unpaired) electrons. The van der Waals surface area contributed by atoms with Gasteiger partial charge >= 0.3 is 0 Å². The average Bonchev–Trinajstić information content (AvgIpc) is 2.83. The molecule has 0 aromatic carbocycles. The van der Waals surface area contributed by atoms with Gasteiger partial charge in [0, 0.05) is 17.8 Å². The number of amides is 2. The first-order valence-corrected chi connectivity index (χ1v) is 7.49. The third kappa shape index (κ3) is 2.81. The highest BCUT2D eigenvalue weighted by molar-refractivity contribution is 7.10. The van der Waals surface area contributed by atoms with Gasteiger partial charge in [0.05, 0.1) is 6.04 Å². The molecule has 0 saturated carbocycles. The zero-order valence-electron chi connectivity index (χ0n) is 11.6. The van der Waals surface area contributed by atoms with E-state index >= 15 is 0 Å². The van der Waals surface area contributed by atoms with Crippen LogP contribution in [0, 0.1) is 0 Å². The minimum absolute atomic E-state index is 0.00130. The Bertz CT molecular complexity index is 468. The topological polar surface area (TPSA) is 49.4 Å². The highest BCUT2D eigenvalue weighted by Crippen LogP contribution is 2.31. The first-order valence-electron chi connectivity index (χ1n) is 6.61. The summed E-state index contributed by atoms with van der Waals surface area (Å²) in [6.07, 6.45) is 1.23. The van der Waals surface area contributed by atoms with Crippen LogP contribution in [0.1, 0.15) is 44.5 Å². The van der Waals surface area contributed by atoms with E-state index in [2.05, 4.69) is 18.3 Å². The third-order valence-electron chi connectivity index (χ3n) is 3.46.